The van der Waals surface area contributed by atoms with Crippen LogP contribution in [0.4, 0.5) is 5.69 Å². The number of hydrogen-bond donors (Lipinski definition) is 1. The molecule has 3 unspecified atom stereocenters. The van der Waals surface area contributed by atoms with Crippen LogP contribution in [0, 0.1) is 23.7 Å². The first-order valence-electron chi connectivity index (χ1n) is 12.1. The standard InChI is InChI=1S/C32H27NOS/c1-4-10-26-24-12-6-8-16-30(24)35-32(26)21(3)22-11-5-7-14-27(22)33-28-15-9-13-25-23-18-17-20(2)19-29(23)34-31(25)28/h4-6,8-13,15-18,20,22,27,33H,3,19H2,1-2H3/b10-4-. The lowest BCUT2D eigenvalue weighted by Gasteiger charge is -2.26. The van der Waals surface area contributed by atoms with Gasteiger partial charge in [-0.2, -0.15) is 0 Å². The molecule has 0 spiro atoms. The van der Waals surface area contributed by atoms with Gasteiger partial charge in [-0.05, 0) is 36.6 Å². The van der Waals surface area contributed by atoms with E-state index in [2.05, 4.69) is 110 Å². The van der Waals surface area contributed by atoms with Gasteiger partial charge in [0.05, 0.1) is 11.7 Å². The van der Waals surface area contributed by atoms with Gasteiger partial charge in [0.15, 0.2) is 5.58 Å². The highest BCUT2D eigenvalue weighted by atomic mass is 32.1. The Kier molecular flexibility index (Phi) is 5.47. The Hall–Kier alpha value is -3.74. The summed E-state index contributed by atoms with van der Waals surface area (Å²) in [4.78, 5) is 1.22. The summed E-state index contributed by atoms with van der Waals surface area (Å²) in [6.07, 6.45) is 13.8. The van der Waals surface area contributed by atoms with Gasteiger partial charge in [-0.15, -0.1) is 11.3 Å². The number of hydrogen-bond acceptors (Lipinski definition) is 3. The number of anilines is 1. The van der Waals surface area contributed by atoms with Crippen molar-refractivity contribution in [3.63, 3.8) is 0 Å². The molecule has 3 heteroatoms. The van der Waals surface area contributed by atoms with Crippen molar-refractivity contribution in [3.05, 3.63) is 95.1 Å². The molecule has 1 N–H and O–H groups in total. The summed E-state index contributed by atoms with van der Waals surface area (Å²) in [5, 5.41) is 6.14. The SMILES string of the molecule is C=C(c1sc2ccccc2c1/C=C\C)C1C=CC#CC1Nc1cccc2c3c(oc12)CC(C)C=C3. The van der Waals surface area contributed by atoms with E-state index >= 15 is 0 Å². The summed E-state index contributed by atoms with van der Waals surface area (Å²) in [6.45, 7) is 8.88. The van der Waals surface area contributed by atoms with Gasteiger partial charge in [0.1, 0.15) is 5.76 Å². The lowest BCUT2D eigenvalue weighted by molar-refractivity contribution is 0.513. The molecule has 0 saturated carbocycles. The summed E-state index contributed by atoms with van der Waals surface area (Å²) in [6, 6.07) is 14.8. The Morgan fingerprint density at radius 3 is 2.89 bits per heavy atom. The highest BCUT2D eigenvalue weighted by Crippen LogP contribution is 2.41. The summed E-state index contributed by atoms with van der Waals surface area (Å²) in [5.74, 6) is 8.20. The molecule has 35 heavy (non-hydrogen) atoms. The van der Waals surface area contributed by atoms with Crippen molar-refractivity contribution in [3.8, 4) is 11.8 Å². The van der Waals surface area contributed by atoms with Crippen LogP contribution in [0.25, 0.3) is 38.8 Å². The minimum Gasteiger partial charge on any atom is -0.458 e. The number of nitrogens with one attached hydrogen (secondary N) is 1. The summed E-state index contributed by atoms with van der Waals surface area (Å²) in [7, 11) is 0. The Bertz CT molecular complexity index is 1610. The molecule has 4 aromatic rings. The summed E-state index contributed by atoms with van der Waals surface area (Å²) in [5.41, 5.74) is 5.43. The Morgan fingerprint density at radius 2 is 2.00 bits per heavy atom. The van der Waals surface area contributed by atoms with Crippen LogP contribution < -0.4 is 5.32 Å². The normalized spacial score (nSPS) is 20.8. The van der Waals surface area contributed by atoms with Crippen molar-refractivity contribution in [1.29, 1.82) is 0 Å². The van der Waals surface area contributed by atoms with Gasteiger partial charge in [-0.3, -0.25) is 0 Å². The molecule has 0 radical (unpaired) electrons. The van der Waals surface area contributed by atoms with E-state index in [1.54, 1.807) is 0 Å². The first kappa shape index (κ1) is 21.8. The van der Waals surface area contributed by atoms with Crippen molar-refractivity contribution < 1.29 is 4.42 Å². The van der Waals surface area contributed by atoms with Gasteiger partial charge in [0.25, 0.3) is 0 Å². The van der Waals surface area contributed by atoms with Crippen molar-refractivity contribution in [2.75, 3.05) is 5.32 Å². The van der Waals surface area contributed by atoms with E-state index in [9.17, 15) is 0 Å². The van der Waals surface area contributed by atoms with Gasteiger partial charge in [0, 0.05) is 43.8 Å². The summed E-state index contributed by atoms with van der Waals surface area (Å²) >= 11 is 1.81. The number of fused-ring (bicyclic) bond motifs is 4. The van der Waals surface area contributed by atoms with Gasteiger partial charge in [-0.25, -0.2) is 0 Å². The van der Waals surface area contributed by atoms with Gasteiger partial charge in [-0.1, -0.05) is 86.1 Å². The molecule has 2 aromatic carbocycles. The van der Waals surface area contributed by atoms with Crippen molar-refractivity contribution >= 4 is 55.8 Å². The van der Waals surface area contributed by atoms with Crippen LogP contribution in [0.1, 0.15) is 35.6 Å². The Morgan fingerprint density at radius 1 is 1.14 bits per heavy atom. The topological polar surface area (TPSA) is 25.2 Å². The zero-order chi connectivity index (χ0) is 23.9. The van der Waals surface area contributed by atoms with E-state index in [-0.39, 0.29) is 12.0 Å². The number of thiophene rings is 1. The lowest BCUT2D eigenvalue weighted by atomic mass is 9.87. The molecule has 0 bridgehead atoms. The second kappa shape index (κ2) is 8.80. The van der Waals surface area contributed by atoms with E-state index in [1.165, 1.54) is 26.1 Å². The van der Waals surface area contributed by atoms with Crippen molar-refractivity contribution in [2.45, 2.75) is 26.3 Å². The third-order valence-corrected chi connectivity index (χ3v) is 8.15. The van der Waals surface area contributed by atoms with Gasteiger partial charge < -0.3 is 9.73 Å². The van der Waals surface area contributed by atoms with E-state index < -0.39 is 0 Å². The van der Waals surface area contributed by atoms with Crippen LogP contribution in [0.3, 0.4) is 0 Å². The fourth-order valence-electron chi connectivity index (χ4n) is 5.15. The van der Waals surface area contributed by atoms with Crippen LogP contribution in [-0.4, -0.2) is 6.04 Å². The number of rotatable bonds is 5. The molecule has 0 aliphatic heterocycles. The largest absolute Gasteiger partial charge is 0.458 e. The second-order valence-electron chi connectivity index (χ2n) is 9.32. The Labute approximate surface area is 210 Å². The zero-order valence-electron chi connectivity index (χ0n) is 20.0. The average Bonchev–Trinajstić information content (AvgIpc) is 3.43. The van der Waals surface area contributed by atoms with Crippen LogP contribution in [0.5, 0.6) is 0 Å². The monoisotopic (exact) mass is 473 g/mol. The maximum Gasteiger partial charge on any atom is 0.158 e. The first-order valence-corrected chi connectivity index (χ1v) is 13.0. The maximum absolute atomic E-state index is 6.40. The van der Waals surface area contributed by atoms with E-state index in [1.807, 2.05) is 17.4 Å². The highest BCUT2D eigenvalue weighted by molar-refractivity contribution is 7.20. The minimum absolute atomic E-state index is 0.0491. The fraction of sp³-hybridized carbons (Fsp3) is 0.188. The number of para-hydroxylation sites is 1. The van der Waals surface area contributed by atoms with Crippen LogP contribution in [0.15, 0.2) is 77.8 Å². The molecule has 0 saturated heterocycles. The second-order valence-corrected chi connectivity index (χ2v) is 10.4. The third kappa shape index (κ3) is 3.75. The molecule has 2 heterocycles. The van der Waals surface area contributed by atoms with Crippen molar-refractivity contribution in [2.24, 2.45) is 11.8 Å². The smallest absolute Gasteiger partial charge is 0.158 e. The van der Waals surface area contributed by atoms with Gasteiger partial charge in [0.2, 0.25) is 0 Å². The molecular weight excluding hydrogens is 446 g/mol. The van der Waals surface area contributed by atoms with E-state index in [0.717, 1.165) is 34.4 Å². The highest BCUT2D eigenvalue weighted by Gasteiger charge is 2.27. The predicted molar refractivity (Wildman–Crippen MR) is 151 cm³/mol. The number of allylic oxidation sites excluding steroid dienone is 3. The third-order valence-electron chi connectivity index (χ3n) is 6.89. The van der Waals surface area contributed by atoms with Crippen LogP contribution in [0.2, 0.25) is 0 Å². The van der Waals surface area contributed by atoms with Crippen molar-refractivity contribution in [1.82, 2.24) is 0 Å². The molecule has 2 aliphatic rings. The molecule has 0 fully saturated rings. The minimum atomic E-state index is -0.0987. The molecule has 3 atom stereocenters. The molecular formula is C32H27NOS. The first-order chi connectivity index (χ1) is 17.1. The predicted octanol–water partition coefficient (Wildman–Crippen LogP) is 8.57. The molecule has 2 nitrogen and oxygen atoms in total. The maximum atomic E-state index is 6.40. The van der Waals surface area contributed by atoms with Gasteiger partial charge >= 0.3 is 0 Å². The summed E-state index contributed by atoms with van der Waals surface area (Å²) < 4.78 is 7.67. The lowest BCUT2D eigenvalue weighted by Crippen LogP contribution is -2.28. The molecule has 0 amide bonds. The van der Waals surface area contributed by atoms with Crippen LogP contribution in [-0.2, 0) is 6.42 Å². The fourth-order valence-corrected chi connectivity index (χ4v) is 6.35. The number of furan rings is 1. The van der Waals surface area contributed by atoms with E-state index in [0.29, 0.717) is 5.92 Å². The van der Waals surface area contributed by atoms with Crippen LogP contribution >= 0.6 is 11.3 Å². The Balaban J connectivity index is 1.37. The molecule has 6 rings (SSSR count). The molecule has 2 aromatic heterocycles. The molecule has 172 valence electrons. The average molecular weight is 474 g/mol. The number of benzene rings is 2. The molecule has 2 aliphatic carbocycles. The zero-order valence-corrected chi connectivity index (χ0v) is 20.8. The van der Waals surface area contributed by atoms with E-state index in [4.69, 9.17) is 4.42 Å². The quantitative estimate of drug-likeness (QED) is 0.294.